The number of aryl methyl sites for hydroxylation is 4. The van der Waals surface area contributed by atoms with Gasteiger partial charge in [0.1, 0.15) is 0 Å². The first kappa shape index (κ1) is 49.2. The van der Waals surface area contributed by atoms with Crippen molar-refractivity contribution in [3.63, 3.8) is 0 Å². The van der Waals surface area contributed by atoms with Gasteiger partial charge in [0.25, 0.3) is 0 Å². The molecule has 0 aliphatic heterocycles. The molecular weight excluding hydrogens is 1020 g/mol. The van der Waals surface area contributed by atoms with Crippen LogP contribution in [0.1, 0.15) is 44.5 Å². The van der Waals surface area contributed by atoms with Crippen LogP contribution in [0, 0.1) is 27.7 Å². The van der Waals surface area contributed by atoms with Crippen LogP contribution in [0.3, 0.4) is 0 Å². The number of benzene rings is 11. The van der Waals surface area contributed by atoms with Gasteiger partial charge in [-0.25, -0.2) is 0 Å². The third-order valence-electron chi connectivity index (χ3n) is 15.4. The van der Waals surface area contributed by atoms with Crippen LogP contribution in [0.25, 0.3) is 132 Å². The summed E-state index contributed by atoms with van der Waals surface area (Å²) in [4.78, 5) is 0. The zero-order valence-corrected chi connectivity index (χ0v) is 41.5. The van der Waals surface area contributed by atoms with E-state index in [1.807, 2.05) is 64.1 Å². The van der Waals surface area contributed by atoms with Crippen LogP contribution in [0.2, 0.25) is 0 Å². The third-order valence-corrected chi connectivity index (χ3v) is 15.4. The number of alkyl halides is 12. The molecule has 0 unspecified atom stereocenters. The first-order chi connectivity index (χ1) is 36.8. The molecule has 0 radical (unpaired) electrons. The Bertz CT molecular complexity index is 4090. The monoisotopic (exact) mass is 1060 g/mol. The summed E-state index contributed by atoms with van der Waals surface area (Å²) >= 11 is 0. The second-order valence-corrected chi connectivity index (χ2v) is 20.7. The van der Waals surface area contributed by atoms with Crippen LogP contribution in [0.15, 0.2) is 158 Å². The lowest BCUT2D eigenvalue weighted by Crippen LogP contribution is -2.11. The molecule has 2 aliphatic rings. The van der Waals surface area contributed by atoms with Gasteiger partial charge < -0.3 is 0 Å². The van der Waals surface area contributed by atoms with Crippen molar-refractivity contribution in [3.8, 4) is 89.0 Å². The molecule has 386 valence electrons. The van der Waals surface area contributed by atoms with Crippen molar-refractivity contribution in [3.05, 3.63) is 202 Å². The standard InChI is InChI=1S/C66H38F12/c1-31-17-32(2)20-35(19-31)57-45-11-7-8-12-46(45)58(36-21-33(3)18-34(4)22-36)62-50-16-14-48-52-30-54-53(29-51(52)47-13-15-49(61(57)62)60(50)59(47)48)55(37-23-39(63(67,68)69)27-40(24-37)64(70,71)72)43-9-5-6-10-44(43)56(54)38-25-41(65(73,74)75)28-42(26-38)66(76,77)78/h5-30H,1-4H3. The lowest BCUT2D eigenvalue weighted by Gasteiger charge is -2.22. The van der Waals surface area contributed by atoms with E-state index in [2.05, 4.69) is 48.5 Å². The minimum Gasteiger partial charge on any atom is -0.166 e. The summed E-state index contributed by atoms with van der Waals surface area (Å²) < 4.78 is 176. The van der Waals surface area contributed by atoms with Gasteiger partial charge in [0.15, 0.2) is 0 Å². The van der Waals surface area contributed by atoms with E-state index in [0.29, 0.717) is 46.5 Å². The second kappa shape index (κ2) is 16.6. The summed E-state index contributed by atoms with van der Waals surface area (Å²) in [7, 11) is 0. The summed E-state index contributed by atoms with van der Waals surface area (Å²) in [5, 5.41) is 3.68. The van der Waals surface area contributed by atoms with Crippen LogP contribution < -0.4 is 0 Å². The summed E-state index contributed by atoms with van der Waals surface area (Å²) in [5.41, 5.74) is 6.69. The van der Waals surface area contributed by atoms with E-state index in [9.17, 15) is 52.7 Å². The van der Waals surface area contributed by atoms with Gasteiger partial charge in [-0.3, -0.25) is 0 Å². The van der Waals surface area contributed by atoms with Gasteiger partial charge in [-0.15, -0.1) is 0 Å². The van der Waals surface area contributed by atoms with E-state index in [0.717, 1.165) is 88.3 Å². The fourth-order valence-corrected chi connectivity index (χ4v) is 12.7. The molecule has 0 nitrogen and oxygen atoms in total. The maximum Gasteiger partial charge on any atom is 0.416 e. The van der Waals surface area contributed by atoms with Gasteiger partial charge in [0.2, 0.25) is 0 Å². The van der Waals surface area contributed by atoms with Crippen LogP contribution in [-0.4, -0.2) is 0 Å². The van der Waals surface area contributed by atoms with E-state index in [4.69, 9.17) is 0 Å². The number of hydrogen-bond donors (Lipinski definition) is 0. The summed E-state index contributed by atoms with van der Waals surface area (Å²) in [6, 6.07) is 40.3. The number of halogens is 12. The molecule has 0 atom stereocenters. The number of rotatable bonds is 4. The highest BCUT2D eigenvalue weighted by Crippen LogP contribution is 2.63. The van der Waals surface area contributed by atoms with Gasteiger partial charge in [-0.05, 0) is 208 Å². The fraction of sp³-hybridized carbons (Fsp3) is 0.121. The quantitative estimate of drug-likeness (QED) is 0.122. The lowest BCUT2D eigenvalue weighted by molar-refractivity contribution is -0.144. The zero-order valence-electron chi connectivity index (χ0n) is 41.5. The minimum atomic E-state index is -5.26. The normalized spacial score (nSPS) is 13.1. The predicted molar refractivity (Wildman–Crippen MR) is 286 cm³/mol. The van der Waals surface area contributed by atoms with Crippen LogP contribution in [-0.2, 0) is 24.7 Å². The van der Waals surface area contributed by atoms with Crippen molar-refractivity contribution in [2.24, 2.45) is 0 Å². The highest BCUT2D eigenvalue weighted by Gasteiger charge is 2.41. The lowest BCUT2D eigenvalue weighted by atomic mass is 9.81. The van der Waals surface area contributed by atoms with Crippen molar-refractivity contribution in [2.75, 3.05) is 0 Å². The van der Waals surface area contributed by atoms with Crippen molar-refractivity contribution in [1.29, 1.82) is 0 Å². The van der Waals surface area contributed by atoms with E-state index in [1.165, 1.54) is 24.3 Å². The molecule has 0 fully saturated rings. The van der Waals surface area contributed by atoms with E-state index in [-0.39, 0.29) is 44.8 Å². The minimum absolute atomic E-state index is 0.00439. The molecule has 11 aromatic carbocycles. The molecule has 13 rings (SSSR count). The smallest absolute Gasteiger partial charge is 0.166 e. The Labute approximate surface area is 437 Å². The van der Waals surface area contributed by atoms with Crippen LogP contribution >= 0.6 is 0 Å². The fourth-order valence-electron chi connectivity index (χ4n) is 12.7. The first-order valence-corrected chi connectivity index (χ1v) is 24.8. The summed E-state index contributed by atoms with van der Waals surface area (Å²) in [6.45, 7) is 8.19. The van der Waals surface area contributed by atoms with E-state index < -0.39 is 58.1 Å². The highest BCUT2D eigenvalue weighted by molar-refractivity contribution is 6.33. The van der Waals surface area contributed by atoms with E-state index >= 15 is 0 Å². The summed E-state index contributed by atoms with van der Waals surface area (Å²) in [5.74, 6) is 0. The molecule has 0 heterocycles. The molecule has 0 saturated carbocycles. The van der Waals surface area contributed by atoms with Gasteiger partial charge in [-0.2, -0.15) is 52.7 Å². The van der Waals surface area contributed by atoms with Crippen LogP contribution in [0.5, 0.6) is 0 Å². The molecular formula is C66H38F12. The zero-order chi connectivity index (χ0) is 54.9. The van der Waals surface area contributed by atoms with Crippen molar-refractivity contribution in [1.82, 2.24) is 0 Å². The molecule has 0 N–H and O–H groups in total. The Morgan fingerprint density at radius 1 is 0.231 bits per heavy atom. The van der Waals surface area contributed by atoms with Crippen molar-refractivity contribution >= 4 is 43.1 Å². The SMILES string of the molecule is Cc1cc(C)cc(-c2c3c(c(-c4cc(C)cc(C)c4)c4ccccc24)-c2ccc4c5c(ccc-3c25)-c2cc3c(-c5cc(C(F)(F)F)cc(C(F)(F)F)c5)c5ccccc5c(-c5cc(C(F)(F)F)cc(C(F)(F)F)c5)c3cc2-4)c1. The number of fused-ring (bicyclic) bond motifs is 9. The summed E-state index contributed by atoms with van der Waals surface area (Å²) in [6.07, 6.45) is -21.0. The molecule has 0 aromatic heterocycles. The largest absolute Gasteiger partial charge is 0.416 e. The Balaban J connectivity index is 1.18. The van der Waals surface area contributed by atoms with Gasteiger partial charge >= 0.3 is 24.7 Å². The molecule has 0 bridgehead atoms. The molecule has 2 aliphatic carbocycles. The van der Waals surface area contributed by atoms with Crippen LogP contribution in [0.4, 0.5) is 52.7 Å². The molecule has 11 aromatic rings. The number of hydrogen-bond acceptors (Lipinski definition) is 0. The highest BCUT2D eigenvalue weighted by atomic mass is 19.4. The van der Waals surface area contributed by atoms with Gasteiger partial charge in [0, 0.05) is 0 Å². The average molecular weight is 1060 g/mol. The Hall–Kier alpha value is -8.38. The molecule has 0 spiro atoms. The average Bonchev–Trinajstić information content (AvgIpc) is 2.33. The van der Waals surface area contributed by atoms with E-state index in [1.54, 1.807) is 12.1 Å². The predicted octanol–water partition coefficient (Wildman–Crippen LogP) is 21.6. The first-order valence-electron chi connectivity index (χ1n) is 24.8. The molecule has 78 heavy (non-hydrogen) atoms. The maximum atomic E-state index is 14.7. The molecule has 0 amide bonds. The maximum absolute atomic E-state index is 14.7. The second-order valence-electron chi connectivity index (χ2n) is 20.7. The Morgan fingerprint density at radius 2 is 0.500 bits per heavy atom. The molecule has 0 saturated heterocycles. The Kier molecular flexibility index (Phi) is 10.5. The topological polar surface area (TPSA) is 0 Å². The Morgan fingerprint density at radius 3 is 0.808 bits per heavy atom. The molecule has 12 heteroatoms. The third kappa shape index (κ3) is 7.53. The van der Waals surface area contributed by atoms with Gasteiger partial charge in [0.05, 0.1) is 22.3 Å². The van der Waals surface area contributed by atoms with Crippen molar-refractivity contribution in [2.45, 2.75) is 52.4 Å². The van der Waals surface area contributed by atoms with Gasteiger partial charge in [-0.1, -0.05) is 131 Å². The van der Waals surface area contributed by atoms with Crippen molar-refractivity contribution < 1.29 is 52.7 Å².